The maximum Gasteiger partial charge on any atom is 0.242 e. The first kappa shape index (κ1) is 29.6. The number of halogens is 1. The van der Waals surface area contributed by atoms with Crippen LogP contribution < -0.4 is 9.62 Å². The maximum atomic E-state index is 13.3. The van der Waals surface area contributed by atoms with Crippen LogP contribution in [0.3, 0.4) is 0 Å². The van der Waals surface area contributed by atoms with Gasteiger partial charge in [-0.25, -0.2) is 8.42 Å². The van der Waals surface area contributed by atoms with Crippen molar-refractivity contribution in [2.24, 2.45) is 5.92 Å². The van der Waals surface area contributed by atoms with E-state index in [1.165, 1.54) is 10.6 Å². The minimum atomic E-state index is -3.54. The largest absolute Gasteiger partial charge is 0.354 e. The number of rotatable bonds is 12. The Morgan fingerprint density at radius 3 is 2.11 bits per heavy atom. The summed E-state index contributed by atoms with van der Waals surface area (Å²) in [5, 5.41) is 3.49. The van der Waals surface area contributed by atoms with Crippen LogP contribution in [0.15, 0.2) is 42.5 Å². The molecule has 0 saturated carbocycles. The predicted molar refractivity (Wildman–Crippen MR) is 147 cm³/mol. The first-order valence-electron chi connectivity index (χ1n) is 12.2. The zero-order valence-corrected chi connectivity index (χ0v) is 23.6. The molecule has 0 aromatic heterocycles. The maximum absolute atomic E-state index is 13.3. The van der Waals surface area contributed by atoms with Gasteiger partial charge in [0.15, 0.2) is 0 Å². The molecule has 7 nitrogen and oxygen atoms in total. The molecule has 0 aliphatic carbocycles. The molecule has 198 valence electrons. The van der Waals surface area contributed by atoms with Crippen LogP contribution >= 0.6 is 11.6 Å². The number of benzene rings is 2. The summed E-state index contributed by atoms with van der Waals surface area (Å²) >= 11 is 6.00. The van der Waals surface area contributed by atoms with Crippen LogP contribution in [0.25, 0.3) is 0 Å². The molecule has 2 aromatic rings. The normalized spacial score (nSPS) is 12.3. The van der Waals surface area contributed by atoms with Crippen molar-refractivity contribution in [1.82, 2.24) is 10.2 Å². The Labute approximate surface area is 220 Å². The first-order chi connectivity index (χ1) is 16.8. The van der Waals surface area contributed by atoms with Crippen molar-refractivity contribution in [1.29, 1.82) is 0 Å². The van der Waals surface area contributed by atoms with E-state index in [2.05, 4.69) is 5.32 Å². The Morgan fingerprint density at radius 2 is 1.58 bits per heavy atom. The van der Waals surface area contributed by atoms with Gasteiger partial charge in [0.05, 0.1) is 11.9 Å². The third kappa shape index (κ3) is 9.13. The van der Waals surface area contributed by atoms with Crippen molar-refractivity contribution in [2.45, 2.75) is 60.0 Å². The molecule has 1 atom stereocenters. The van der Waals surface area contributed by atoms with Crippen molar-refractivity contribution in [3.63, 3.8) is 0 Å². The molecule has 0 spiro atoms. The molecule has 0 bridgehead atoms. The monoisotopic (exact) mass is 535 g/mol. The Hall–Kier alpha value is -2.58. The summed E-state index contributed by atoms with van der Waals surface area (Å²) < 4.78 is 26.4. The summed E-state index contributed by atoms with van der Waals surface area (Å²) in [5.74, 6) is -0.154. The van der Waals surface area contributed by atoms with Gasteiger partial charge in [-0.15, -0.1) is 0 Å². The van der Waals surface area contributed by atoms with Crippen molar-refractivity contribution < 1.29 is 18.0 Å². The number of sulfonamides is 1. The van der Waals surface area contributed by atoms with E-state index in [0.717, 1.165) is 16.7 Å². The molecule has 9 heteroatoms. The highest BCUT2D eigenvalue weighted by atomic mass is 35.5. The second-order valence-corrected chi connectivity index (χ2v) is 12.1. The number of hydrogen-bond donors (Lipinski definition) is 1. The lowest BCUT2D eigenvalue weighted by Crippen LogP contribution is -2.48. The van der Waals surface area contributed by atoms with E-state index in [1.54, 1.807) is 24.0 Å². The van der Waals surface area contributed by atoms with Crippen LogP contribution in [-0.4, -0.2) is 50.5 Å². The SMILES string of the molecule is Cc1cc(C)cc(N(CCCC(=O)N(Cc2ccc(Cl)cc2)[C@H](C)C(=O)NCC(C)C)S(C)(=O)=O)c1. The van der Waals surface area contributed by atoms with Gasteiger partial charge >= 0.3 is 0 Å². The lowest BCUT2D eigenvalue weighted by Gasteiger charge is -2.29. The second kappa shape index (κ2) is 13.1. The summed E-state index contributed by atoms with van der Waals surface area (Å²) in [7, 11) is -3.54. The molecule has 1 N–H and O–H groups in total. The molecule has 0 fully saturated rings. The molecule has 2 rings (SSSR count). The lowest BCUT2D eigenvalue weighted by atomic mass is 10.1. The Morgan fingerprint density at radius 1 is 1.00 bits per heavy atom. The Balaban J connectivity index is 2.18. The topological polar surface area (TPSA) is 86.8 Å². The summed E-state index contributed by atoms with van der Waals surface area (Å²) in [6.45, 7) is 10.5. The van der Waals surface area contributed by atoms with Gasteiger partial charge in [-0.2, -0.15) is 0 Å². The third-order valence-electron chi connectivity index (χ3n) is 5.76. The number of anilines is 1. The molecule has 0 heterocycles. The van der Waals surface area contributed by atoms with Crippen LogP contribution in [0.2, 0.25) is 5.02 Å². The molecular weight excluding hydrogens is 498 g/mol. The van der Waals surface area contributed by atoms with Crippen LogP contribution in [0, 0.1) is 19.8 Å². The van der Waals surface area contributed by atoms with E-state index in [4.69, 9.17) is 11.6 Å². The predicted octanol–water partition coefficient (Wildman–Crippen LogP) is 4.69. The Kier molecular flexibility index (Phi) is 10.8. The van der Waals surface area contributed by atoms with Crippen molar-refractivity contribution >= 4 is 39.1 Å². The summed E-state index contributed by atoms with van der Waals surface area (Å²) in [4.78, 5) is 27.7. The van der Waals surface area contributed by atoms with Crippen LogP contribution in [0.4, 0.5) is 5.69 Å². The number of hydrogen-bond acceptors (Lipinski definition) is 4. The van der Waals surface area contributed by atoms with E-state index in [1.807, 2.05) is 58.0 Å². The Bertz CT molecular complexity index is 1130. The van der Waals surface area contributed by atoms with Crippen LogP contribution in [0.1, 0.15) is 50.3 Å². The fourth-order valence-electron chi connectivity index (χ4n) is 3.92. The molecule has 0 aliphatic rings. The van der Waals surface area contributed by atoms with E-state index in [9.17, 15) is 18.0 Å². The molecule has 0 radical (unpaired) electrons. The van der Waals surface area contributed by atoms with Crippen LogP contribution in [0.5, 0.6) is 0 Å². The van der Waals surface area contributed by atoms with Crippen LogP contribution in [-0.2, 0) is 26.2 Å². The smallest absolute Gasteiger partial charge is 0.242 e. The number of carbonyl (C=O) groups is 2. The highest BCUT2D eigenvalue weighted by Crippen LogP contribution is 2.22. The molecule has 0 unspecified atom stereocenters. The van der Waals surface area contributed by atoms with Gasteiger partial charge in [-0.05, 0) is 74.1 Å². The number of nitrogens with one attached hydrogen (secondary N) is 1. The number of aryl methyl sites for hydroxylation is 2. The van der Waals surface area contributed by atoms with E-state index in [0.29, 0.717) is 23.7 Å². The van der Waals surface area contributed by atoms with Crippen molar-refractivity contribution in [3.05, 3.63) is 64.2 Å². The standard InChI is InChI=1S/C27H38ClN3O4S/c1-19(2)17-29-27(33)22(5)30(18-23-9-11-24(28)12-10-23)26(32)8-7-13-31(36(6,34)35)25-15-20(3)14-21(4)16-25/h9-12,14-16,19,22H,7-8,13,17-18H2,1-6H3,(H,29,33)/t22-/m1/s1. The fraction of sp³-hybridized carbons (Fsp3) is 0.481. The van der Waals surface area contributed by atoms with Gasteiger partial charge in [0.2, 0.25) is 21.8 Å². The summed E-state index contributed by atoms with van der Waals surface area (Å²) in [5.41, 5.74) is 3.36. The van der Waals surface area contributed by atoms with Gasteiger partial charge < -0.3 is 10.2 Å². The van der Waals surface area contributed by atoms with Gasteiger partial charge in [-0.1, -0.05) is 43.6 Å². The van der Waals surface area contributed by atoms with Gasteiger partial charge in [0.25, 0.3) is 0 Å². The summed E-state index contributed by atoms with van der Waals surface area (Å²) in [6.07, 6.45) is 1.59. The molecule has 36 heavy (non-hydrogen) atoms. The highest BCUT2D eigenvalue weighted by Gasteiger charge is 2.26. The van der Waals surface area contributed by atoms with Crippen molar-refractivity contribution in [3.8, 4) is 0 Å². The zero-order valence-electron chi connectivity index (χ0n) is 22.0. The van der Waals surface area contributed by atoms with Crippen molar-refractivity contribution in [2.75, 3.05) is 23.7 Å². The third-order valence-corrected chi connectivity index (χ3v) is 7.21. The number of carbonyl (C=O) groups excluding carboxylic acids is 2. The number of amides is 2. The fourth-order valence-corrected chi connectivity index (χ4v) is 5.00. The summed E-state index contributed by atoms with van der Waals surface area (Å²) in [6, 6.07) is 12.1. The second-order valence-electron chi connectivity index (χ2n) is 9.75. The minimum absolute atomic E-state index is 0.103. The molecule has 0 saturated heterocycles. The van der Waals surface area contributed by atoms with E-state index < -0.39 is 16.1 Å². The van der Waals surface area contributed by atoms with Gasteiger partial charge in [0, 0.05) is 31.1 Å². The average molecular weight is 536 g/mol. The highest BCUT2D eigenvalue weighted by molar-refractivity contribution is 7.92. The van der Waals surface area contributed by atoms with E-state index >= 15 is 0 Å². The zero-order chi connectivity index (χ0) is 27.0. The van der Waals surface area contributed by atoms with Gasteiger partial charge in [0.1, 0.15) is 6.04 Å². The molecule has 0 aliphatic heterocycles. The number of nitrogens with zero attached hydrogens (tertiary/aromatic N) is 2. The average Bonchev–Trinajstić information content (AvgIpc) is 2.77. The van der Waals surface area contributed by atoms with E-state index in [-0.39, 0.29) is 37.2 Å². The molecule has 2 aromatic carbocycles. The molecular formula is C27H38ClN3O4S. The van der Waals surface area contributed by atoms with Gasteiger partial charge in [-0.3, -0.25) is 13.9 Å². The first-order valence-corrected chi connectivity index (χ1v) is 14.4. The molecule has 2 amide bonds. The lowest BCUT2D eigenvalue weighted by molar-refractivity contribution is -0.140. The quantitative estimate of drug-likeness (QED) is 0.427. The minimum Gasteiger partial charge on any atom is -0.354 e.